The van der Waals surface area contributed by atoms with Crippen LogP contribution in [0, 0.1) is 0 Å². The molecule has 1 aromatic heterocycles. The third-order valence-corrected chi connectivity index (χ3v) is 5.73. The fraction of sp³-hybridized carbons (Fsp3) is 0.318. The van der Waals surface area contributed by atoms with E-state index in [2.05, 4.69) is 5.32 Å². The molecule has 7 nitrogen and oxygen atoms in total. The van der Waals surface area contributed by atoms with Crippen molar-refractivity contribution < 1.29 is 23.5 Å². The second kappa shape index (κ2) is 6.62. The molecule has 0 radical (unpaired) electrons. The van der Waals surface area contributed by atoms with Crippen molar-refractivity contribution in [2.45, 2.75) is 38.1 Å². The van der Waals surface area contributed by atoms with Crippen LogP contribution in [0.4, 0.5) is 5.69 Å². The predicted octanol–water partition coefficient (Wildman–Crippen LogP) is 4.01. The summed E-state index contributed by atoms with van der Waals surface area (Å²) in [5.74, 6) is -0.913. The molecule has 148 valence electrons. The maximum Gasteiger partial charge on any atom is 0.349 e. The second-order valence-corrected chi connectivity index (χ2v) is 7.50. The Balaban J connectivity index is 1.82. The van der Waals surface area contributed by atoms with Gasteiger partial charge in [-0.15, -0.1) is 0 Å². The van der Waals surface area contributed by atoms with Gasteiger partial charge in [0.05, 0.1) is 29.1 Å². The molecule has 1 N–H and O–H groups in total. The van der Waals surface area contributed by atoms with E-state index >= 15 is 0 Å². The lowest BCUT2D eigenvalue weighted by Crippen LogP contribution is -2.24. The molecule has 0 bridgehead atoms. The van der Waals surface area contributed by atoms with Gasteiger partial charge in [-0.25, -0.2) is 9.59 Å². The molecule has 0 amide bonds. The average molecular weight is 393 g/mol. The first-order chi connectivity index (χ1) is 14.1. The Kier molecular flexibility index (Phi) is 4.04. The number of nitrogens with one attached hydrogen (secondary N) is 1. The molecule has 5 rings (SSSR count). The summed E-state index contributed by atoms with van der Waals surface area (Å²) >= 11 is 0. The van der Waals surface area contributed by atoms with Gasteiger partial charge in [0.1, 0.15) is 16.9 Å². The number of ether oxygens (including phenoxy) is 2. The molecule has 3 aromatic rings. The highest BCUT2D eigenvalue weighted by atomic mass is 16.6. The average Bonchev–Trinajstić information content (AvgIpc) is 3.02. The van der Waals surface area contributed by atoms with E-state index in [0.29, 0.717) is 22.4 Å². The molecular weight excluding hydrogens is 374 g/mol. The Morgan fingerprint density at radius 3 is 2.55 bits per heavy atom. The maximum absolute atomic E-state index is 13.2. The molecule has 0 atom stereocenters. The summed E-state index contributed by atoms with van der Waals surface area (Å²) in [7, 11) is 1.53. The summed E-state index contributed by atoms with van der Waals surface area (Å²) in [6.45, 7) is 0. The van der Waals surface area contributed by atoms with E-state index in [1.54, 1.807) is 18.2 Å². The van der Waals surface area contributed by atoms with Crippen LogP contribution in [0.1, 0.15) is 52.8 Å². The van der Waals surface area contributed by atoms with Gasteiger partial charge in [-0.1, -0.05) is 19.3 Å². The van der Waals surface area contributed by atoms with Crippen LogP contribution in [0.25, 0.3) is 21.9 Å². The number of carbonyl (C=O) groups is 2. The summed E-state index contributed by atoms with van der Waals surface area (Å²) in [6, 6.07) is 6.48. The van der Waals surface area contributed by atoms with Crippen molar-refractivity contribution in [3.05, 3.63) is 45.6 Å². The van der Waals surface area contributed by atoms with Crippen molar-refractivity contribution in [1.29, 1.82) is 0 Å². The topological polar surface area (TPSA) is 94.8 Å². The van der Waals surface area contributed by atoms with Gasteiger partial charge in [-0.05, 0) is 31.0 Å². The minimum absolute atomic E-state index is 0.0981. The minimum Gasteiger partial charge on any atom is -0.497 e. The van der Waals surface area contributed by atoms with Crippen molar-refractivity contribution in [3.63, 3.8) is 0 Å². The van der Waals surface area contributed by atoms with Crippen molar-refractivity contribution in [2.24, 2.45) is 0 Å². The molecule has 0 unspecified atom stereocenters. The Labute approximate surface area is 165 Å². The molecule has 1 aliphatic carbocycles. The number of anilines is 1. The second-order valence-electron chi connectivity index (χ2n) is 7.50. The van der Waals surface area contributed by atoms with Crippen LogP contribution < -0.4 is 15.5 Å². The molecule has 2 aromatic carbocycles. The number of rotatable bonds is 3. The quantitative estimate of drug-likeness (QED) is 0.408. The first-order valence-corrected chi connectivity index (χ1v) is 9.71. The number of cyclic esters (lactones) is 2. The zero-order valence-corrected chi connectivity index (χ0v) is 15.9. The highest BCUT2D eigenvalue weighted by Gasteiger charge is 2.36. The van der Waals surface area contributed by atoms with E-state index in [4.69, 9.17) is 13.9 Å². The van der Waals surface area contributed by atoms with Gasteiger partial charge in [0.25, 0.3) is 0 Å². The van der Waals surface area contributed by atoms with Gasteiger partial charge < -0.3 is 19.2 Å². The van der Waals surface area contributed by atoms with Crippen LogP contribution in [0.5, 0.6) is 5.75 Å². The lowest BCUT2D eigenvalue weighted by Gasteiger charge is -2.25. The summed E-state index contributed by atoms with van der Waals surface area (Å²) in [4.78, 5) is 37.8. The number of benzene rings is 2. The van der Waals surface area contributed by atoms with Gasteiger partial charge in [0.2, 0.25) is 5.43 Å². The first-order valence-electron chi connectivity index (χ1n) is 9.71. The first kappa shape index (κ1) is 17.7. The zero-order chi connectivity index (χ0) is 20.1. The standard InChI is InChI=1S/C22H19NO6/c1-27-12-7-8-13-16(9-12)28-20-15(19(13)24)10-14-17(22(26)29-21(14)25)18(20)23-11-5-3-2-4-6-11/h7-11,23H,2-6H2,1H3. The van der Waals surface area contributed by atoms with E-state index in [9.17, 15) is 14.4 Å². The van der Waals surface area contributed by atoms with Crippen LogP contribution in [0.3, 0.4) is 0 Å². The summed E-state index contributed by atoms with van der Waals surface area (Å²) in [6.07, 6.45) is 5.22. The largest absolute Gasteiger partial charge is 0.497 e. The van der Waals surface area contributed by atoms with Crippen LogP contribution in [0.2, 0.25) is 0 Å². The van der Waals surface area contributed by atoms with Gasteiger partial charge in [0.15, 0.2) is 5.58 Å². The number of methoxy groups -OCH3 is 1. The van der Waals surface area contributed by atoms with Gasteiger partial charge >= 0.3 is 11.9 Å². The molecule has 1 aliphatic heterocycles. The Bertz CT molecular complexity index is 1240. The highest BCUT2D eigenvalue weighted by molar-refractivity contribution is 6.21. The number of hydrogen-bond acceptors (Lipinski definition) is 7. The minimum atomic E-state index is -0.743. The summed E-state index contributed by atoms with van der Waals surface area (Å²) in [5, 5.41) is 4.00. The van der Waals surface area contributed by atoms with Gasteiger partial charge in [-0.2, -0.15) is 0 Å². The van der Waals surface area contributed by atoms with Crippen molar-refractivity contribution >= 4 is 39.6 Å². The molecule has 0 saturated heterocycles. The molecule has 1 fully saturated rings. The normalized spacial score (nSPS) is 16.9. The third kappa shape index (κ3) is 2.76. The van der Waals surface area contributed by atoms with E-state index in [-0.39, 0.29) is 33.6 Å². The number of fused-ring (bicyclic) bond motifs is 3. The van der Waals surface area contributed by atoms with Gasteiger partial charge in [-0.3, -0.25) is 4.79 Å². The monoisotopic (exact) mass is 393 g/mol. The summed E-state index contributed by atoms with van der Waals surface area (Å²) in [5.41, 5.74) is 0.935. The molecule has 7 heteroatoms. The van der Waals surface area contributed by atoms with Crippen molar-refractivity contribution in [1.82, 2.24) is 0 Å². The number of hydrogen-bond donors (Lipinski definition) is 1. The van der Waals surface area contributed by atoms with E-state index in [0.717, 1.165) is 25.7 Å². The highest BCUT2D eigenvalue weighted by Crippen LogP contribution is 2.37. The van der Waals surface area contributed by atoms with E-state index in [1.807, 2.05) is 0 Å². The molecular formula is C22H19NO6. The lowest BCUT2D eigenvalue weighted by atomic mass is 9.94. The fourth-order valence-electron chi connectivity index (χ4n) is 4.25. The Morgan fingerprint density at radius 1 is 1.00 bits per heavy atom. The zero-order valence-electron chi connectivity index (χ0n) is 15.9. The molecule has 1 saturated carbocycles. The lowest BCUT2D eigenvalue weighted by molar-refractivity contribution is 0.0444. The summed E-state index contributed by atoms with van der Waals surface area (Å²) < 4.78 is 16.1. The van der Waals surface area contributed by atoms with Crippen molar-refractivity contribution in [3.8, 4) is 5.75 Å². The molecule has 2 heterocycles. The molecule has 2 aliphatic rings. The van der Waals surface area contributed by atoms with E-state index < -0.39 is 11.9 Å². The van der Waals surface area contributed by atoms with E-state index in [1.165, 1.54) is 19.6 Å². The number of carbonyl (C=O) groups excluding carboxylic acids is 2. The van der Waals surface area contributed by atoms with Crippen LogP contribution in [0.15, 0.2) is 33.5 Å². The fourth-order valence-corrected chi connectivity index (χ4v) is 4.25. The Morgan fingerprint density at radius 2 is 1.79 bits per heavy atom. The van der Waals surface area contributed by atoms with Crippen LogP contribution >= 0.6 is 0 Å². The smallest absolute Gasteiger partial charge is 0.349 e. The van der Waals surface area contributed by atoms with Crippen LogP contribution in [-0.2, 0) is 4.74 Å². The number of esters is 2. The van der Waals surface area contributed by atoms with Crippen molar-refractivity contribution in [2.75, 3.05) is 12.4 Å². The maximum atomic E-state index is 13.2. The van der Waals surface area contributed by atoms with Crippen LogP contribution in [-0.4, -0.2) is 25.1 Å². The molecule has 29 heavy (non-hydrogen) atoms. The SMILES string of the molecule is COc1ccc2c(=O)c3cc4c(c(NC5CCCCC5)c3oc2c1)C(=O)OC4=O. The predicted molar refractivity (Wildman–Crippen MR) is 107 cm³/mol. The third-order valence-electron chi connectivity index (χ3n) is 5.73. The van der Waals surface area contributed by atoms with Gasteiger partial charge in [0, 0.05) is 12.1 Å². The Hall–Kier alpha value is -3.35. The molecule has 0 spiro atoms.